The first-order valence-corrected chi connectivity index (χ1v) is 17.2. The second kappa shape index (κ2) is 17.8. The minimum absolute atomic E-state index is 0. The number of aromatic amines is 1. The van der Waals surface area contributed by atoms with Crippen LogP contribution < -0.4 is 10.5 Å². The number of hydrogen-bond acceptors (Lipinski definition) is 5. The highest BCUT2D eigenvalue weighted by Gasteiger charge is 2.15. The molecule has 5 rings (SSSR count). The van der Waals surface area contributed by atoms with Gasteiger partial charge in [-0.3, -0.25) is 14.5 Å². The fourth-order valence-corrected chi connectivity index (χ4v) is 7.30. The van der Waals surface area contributed by atoms with E-state index in [9.17, 15) is 4.79 Å². The molecule has 1 amide bonds. The van der Waals surface area contributed by atoms with Crippen LogP contribution in [-0.2, 0) is 0 Å². The van der Waals surface area contributed by atoms with Gasteiger partial charge in [0.2, 0.25) is 5.91 Å². The number of amides is 1. The molecule has 42 heavy (non-hydrogen) atoms. The van der Waals surface area contributed by atoms with Gasteiger partial charge in [0, 0.05) is 29.3 Å². The van der Waals surface area contributed by atoms with Crippen LogP contribution in [0.5, 0.6) is 0 Å². The molecule has 2 heterocycles. The number of nitrogens with one attached hydrogen (secondary N) is 2. The molecule has 8 heteroatoms. The lowest BCUT2D eigenvalue weighted by molar-refractivity contribution is 0.1000. The Morgan fingerprint density at radius 2 is 1.79 bits per heavy atom. The van der Waals surface area contributed by atoms with Crippen molar-refractivity contribution in [2.75, 3.05) is 31.6 Å². The molecule has 1 unspecified atom stereocenters. The number of nitrogens with zero attached hydrogens (tertiary/aromatic N) is 2. The van der Waals surface area contributed by atoms with Crippen molar-refractivity contribution in [1.82, 2.24) is 14.7 Å². The number of primary amides is 1. The van der Waals surface area contributed by atoms with Gasteiger partial charge in [-0.1, -0.05) is 49.9 Å². The molecule has 3 aromatic carbocycles. The Kier molecular flexibility index (Phi) is 14.2. The highest BCUT2D eigenvalue weighted by atomic mass is 32.2. The van der Waals surface area contributed by atoms with Gasteiger partial charge in [-0.25, -0.2) is 4.98 Å². The maximum atomic E-state index is 11.2. The average Bonchev–Trinajstić information content (AvgIpc) is 3.35. The van der Waals surface area contributed by atoms with E-state index >= 15 is 0 Å². The summed E-state index contributed by atoms with van der Waals surface area (Å²) < 4.78 is 3.50. The van der Waals surface area contributed by atoms with Gasteiger partial charge in [0.05, 0.1) is 11.0 Å². The van der Waals surface area contributed by atoms with E-state index in [0.717, 1.165) is 47.7 Å². The first kappa shape index (κ1) is 33.5. The Morgan fingerprint density at radius 3 is 2.45 bits per heavy atom. The Labute approximate surface area is 257 Å². The smallest absolute Gasteiger partial charge is 0.248 e. The van der Waals surface area contributed by atoms with Crippen molar-refractivity contribution in [3.05, 3.63) is 95.8 Å². The summed E-state index contributed by atoms with van der Waals surface area (Å²) in [4.78, 5) is 24.6. The molecule has 1 aliphatic rings. The van der Waals surface area contributed by atoms with Crippen molar-refractivity contribution in [3.63, 3.8) is 0 Å². The van der Waals surface area contributed by atoms with E-state index in [1.54, 1.807) is 24.1 Å². The van der Waals surface area contributed by atoms with E-state index in [1.807, 2.05) is 43.3 Å². The summed E-state index contributed by atoms with van der Waals surface area (Å²) in [6.45, 7) is 5.89. The number of rotatable bonds is 13. The van der Waals surface area contributed by atoms with E-state index in [-0.39, 0.29) is 7.43 Å². The van der Waals surface area contributed by atoms with Crippen LogP contribution in [0.25, 0.3) is 11.0 Å². The maximum Gasteiger partial charge on any atom is 0.248 e. The first-order chi connectivity index (χ1) is 20.0. The summed E-state index contributed by atoms with van der Waals surface area (Å²) in [5, 5.41) is 0. The van der Waals surface area contributed by atoms with Crippen molar-refractivity contribution in [2.24, 2.45) is 10.7 Å². The molecule has 0 saturated carbocycles. The molecule has 0 spiro atoms. The molecule has 0 radical (unpaired) electrons. The minimum atomic E-state index is -0.395. The third-order valence-electron chi connectivity index (χ3n) is 7.26. The van der Waals surface area contributed by atoms with Gasteiger partial charge in [0.1, 0.15) is 5.82 Å². The molecule has 1 aliphatic heterocycles. The summed E-state index contributed by atoms with van der Waals surface area (Å²) in [6, 6.07) is 26.1. The molecule has 4 N–H and O–H groups in total. The predicted octanol–water partition coefficient (Wildman–Crippen LogP) is 8.19. The van der Waals surface area contributed by atoms with Crippen molar-refractivity contribution in [2.45, 2.75) is 57.8 Å². The standard InChI is InChI=1S/C25H34N3OPS.C8H8N2.CH4/c1-20(7-5-16-30-17-6-18-30)27-15-14-23(21-8-3-2-4-9-21)19-28-31-24-12-10-22(11-13-24)25(26)29;1-6-9-7-4-2-3-5-8(7)10-6;/h2-4,8-13,23,28H,5-7,14-19H2,1H3,(H2,26,29);2-5H,1H3,(H,9,10);1H4. The zero-order chi connectivity index (χ0) is 28.9. The number of para-hydroxylation sites is 2. The molecular weight excluding hydrogens is 557 g/mol. The number of hydrogen-bond donors (Lipinski definition) is 3. The Morgan fingerprint density at radius 1 is 1.07 bits per heavy atom. The average molecular weight is 604 g/mol. The molecular formula is C34H46N5OPS. The SMILES string of the molecule is C.CC(CCCP1CCC1)=NCCC(CNSc1ccc(C(N)=O)cc1)c1ccccc1.Cc1nc2ccccc2[nH]1. The fourth-order valence-electron chi connectivity index (χ4n) is 4.76. The van der Waals surface area contributed by atoms with E-state index in [2.05, 4.69) is 51.9 Å². The zero-order valence-electron chi connectivity index (χ0n) is 24.2. The van der Waals surface area contributed by atoms with Gasteiger partial charge in [0.25, 0.3) is 0 Å². The second-order valence-electron chi connectivity index (χ2n) is 10.5. The van der Waals surface area contributed by atoms with Crippen molar-refractivity contribution >= 4 is 42.5 Å². The second-order valence-corrected chi connectivity index (χ2v) is 14.1. The van der Waals surface area contributed by atoms with Crippen LogP contribution in [0.3, 0.4) is 0 Å². The number of aryl methyl sites for hydroxylation is 1. The number of aromatic nitrogens is 2. The number of H-pyrrole nitrogens is 1. The summed E-state index contributed by atoms with van der Waals surface area (Å²) in [5.41, 5.74) is 10.7. The van der Waals surface area contributed by atoms with Gasteiger partial charge >= 0.3 is 0 Å². The lowest BCUT2D eigenvalue weighted by Crippen LogP contribution is -2.17. The fraction of sp³-hybridized carbons (Fsp3) is 0.382. The molecule has 1 saturated heterocycles. The Balaban J connectivity index is 0.000000368. The number of carbonyl (C=O) groups is 1. The van der Waals surface area contributed by atoms with E-state index in [0.29, 0.717) is 19.4 Å². The topological polar surface area (TPSA) is 96.2 Å². The predicted molar refractivity (Wildman–Crippen MR) is 184 cm³/mol. The number of imidazole rings is 1. The zero-order valence-corrected chi connectivity index (χ0v) is 25.9. The highest BCUT2D eigenvalue weighted by molar-refractivity contribution is 7.97. The molecule has 4 aromatic rings. The number of benzene rings is 3. The van der Waals surface area contributed by atoms with Crippen molar-refractivity contribution in [3.8, 4) is 0 Å². The van der Waals surface area contributed by atoms with Gasteiger partial charge in [0.15, 0.2) is 0 Å². The summed E-state index contributed by atoms with van der Waals surface area (Å²) in [7, 11) is 0.398. The largest absolute Gasteiger partial charge is 0.366 e. The maximum absolute atomic E-state index is 11.2. The molecule has 1 aromatic heterocycles. The van der Waals surface area contributed by atoms with E-state index < -0.39 is 5.91 Å². The van der Waals surface area contributed by atoms with Crippen LogP contribution >= 0.6 is 19.9 Å². The van der Waals surface area contributed by atoms with Crippen LogP contribution in [0.4, 0.5) is 0 Å². The first-order valence-electron chi connectivity index (χ1n) is 14.5. The summed E-state index contributed by atoms with van der Waals surface area (Å²) in [5.74, 6) is 0.989. The number of fused-ring (bicyclic) bond motifs is 1. The van der Waals surface area contributed by atoms with E-state index in [1.165, 1.54) is 42.6 Å². The lowest BCUT2D eigenvalue weighted by Gasteiger charge is -2.25. The molecule has 1 fully saturated rings. The lowest BCUT2D eigenvalue weighted by atomic mass is 9.96. The van der Waals surface area contributed by atoms with Crippen LogP contribution in [0.2, 0.25) is 0 Å². The third kappa shape index (κ3) is 11.0. The molecule has 224 valence electrons. The number of nitrogens with two attached hydrogens (primary N) is 1. The number of aliphatic imine (C=N–C) groups is 1. The summed E-state index contributed by atoms with van der Waals surface area (Å²) >= 11 is 1.59. The molecule has 0 aliphatic carbocycles. The normalized spacial score (nSPS) is 13.9. The molecule has 0 bridgehead atoms. The minimum Gasteiger partial charge on any atom is -0.366 e. The van der Waals surface area contributed by atoms with E-state index in [4.69, 9.17) is 10.7 Å². The van der Waals surface area contributed by atoms with Crippen molar-refractivity contribution in [1.29, 1.82) is 0 Å². The Hall–Kier alpha value is -2.99. The Bertz CT molecular complexity index is 1350. The number of carbonyl (C=O) groups excluding carboxylic acids is 1. The molecule has 6 nitrogen and oxygen atoms in total. The van der Waals surface area contributed by atoms with Gasteiger partial charge < -0.3 is 10.7 Å². The van der Waals surface area contributed by atoms with Crippen molar-refractivity contribution < 1.29 is 4.79 Å². The van der Waals surface area contributed by atoms with Gasteiger partial charge in [-0.2, -0.15) is 0 Å². The monoisotopic (exact) mass is 603 g/mol. The highest BCUT2D eigenvalue weighted by Crippen LogP contribution is 2.46. The van der Waals surface area contributed by atoms with Gasteiger partial charge in [-0.15, -0.1) is 7.92 Å². The molecule has 1 atom stereocenters. The third-order valence-corrected chi connectivity index (χ3v) is 10.9. The summed E-state index contributed by atoms with van der Waals surface area (Å²) in [6.07, 6.45) is 9.42. The quantitative estimate of drug-likeness (QED) is 0.0816. The van der Waals surface area contributed by atoms with Crippen LogP contribution in [0.1, 0.15) is 67.7 Å². The van der Waals surface area contributed by atoms with Crippen LogP contribution in [-0.4, -0.2) is 53.2 Å². The van der Waals surface area contributed by atoms with Crippen LogP contribution in [0, 0.1) is 6.92 Å². The van der Waals surface area contributed by atoms with Gasteiger partial charge in [-0.05, 0) is 118 Å². The van der Waals surface area contributed by atoms with Crippen LogP contribution in [0.15, 0.2) is 88.8 Å².